The lowest BCUT2D eigenvalue weighted by atomic mass is 10.1. The minimum absolute atomic E-state index is 0.163. The van der Waals surface area contributed by atoms with Crippen LogP contribution in [0.3, 0.4) is 0 Å². The Kier molecular flexibility index (Phi) is 3.79. The summed E-state index contributed by atoms with van der Waals surface area (Å²) in [6.07, 6.45) is 2.72. The predicted octanol–water partition coefficient (Wildman–Crippen LogP) is 3.78. The second kappa shape index (κ2) is 5.71. The molecule has 0 radical (unpaired) electrons. The second-order valence-corrected chi connectivity index (χ2v) is 5.27. The van der Waals surface area contributed by atoms with Crippen LogP contribution in [-0.4, -0.2) is 6.54 Å². The van der Waals surface area contributed by atoms with Gasteiger partial charge in [-0.15, -0.1) is 0 Å². The molecule has 0 heterocycles. The molecule has 3 heteroatoms. The number of benzene rings is 2. The number of rotatable bonds is 4. The molecule has 1 unspecified atom stereocenters. The molecular weight excluding hydrogens is 256 g/mol. The number of hydrogen-bond donors (Lipinski definition) is 1. The molecule has 1 aliphatic rings. The molecule has 0 aromatic heterocycles. The smallest absolute Gasteiger partial charge is 0.123 e. The SMILES string of the molecule is Fc1cccc(CCNC2CCc3cc(F)ccc32)c1. The molecule has 1 N–H and O–H groups in total. The van der Waals surface area contributed by atoms with Crippen LogP contribution in [0.1, 0.15) is 29.2 Å². The molecule has 0 saturated heterocycles. The summed E-state index contributed by atoms with van der Waals surface area (Å²) in [6, 6.07) is 12.0. The normalized spacial score (nSPS) is 17.2. The second-order valence-electron chi connectivity index (χ2n) is 5.27. The highest BCUT2D eigenvalue weighted by Crippen LogP contribution is 2.31. The molecular formula is C17H17F2N. The summed E-state index contributed by atoms with van der Waals surface area (Å²) in [5.41, 5.74) is 3.30. The molecule has 0 aliphatic heterocycles. The van der Waals surface area contributed by atoms with Crippen molar-refractivity contribution in [1.82, 2.24) is 5.32 Å². The Hall–Kier alpha value is -1.74. The Bertz CT molecular complexity index is 610. The van der Waals surface area contributed by atoms with Crippen LogP contribution in [0.5, 0.6) is 0 Å². The molecule has 2 aromatic rings. The van der Waals surface area contributed by atoms with E-state index in [0.717, 1.165) is 36.9 Å². The van der Waals surface area contributed by atoms with Crippen molar-refractivity contribution in [2.24, 2.45) is 0 Å². The first-order valence-electron chi connectivity index (χ1n) is 6.98. The van der Waals surface area contributed by atoms with E-state index >= 15 is 0 Å². The predicted molar refractivity (Wildman–Crippen MR) is 75.6 cm³/mol. The van der Waals surface area contributed by atoms with Crippen molar-refractivity contribution >= 4 is 0 Å². The van der Waals surface area contributed by atoms with Gasteiger partial charge in [0.15, 0.2) is 0 Å². The zero-order valence-electron chi connectivity index (χ0n) is 11.2. The van der Waals surface area contributed by atoms with Crippen LogP contribution >= 0.6 is 0 Å². The van der Waals surface area contributed by atoms with Gasteiger partial charge in [-0.1, -0.05) is 18.2 Å². The first kappa shape index (κ1) is 13.3. The molecule has 0 bridgehead atoms. The van der Waals surface area contributed by atoms with E-state index in [4.69, 9.17) is 0 Å². The lowest BCUT2D eigenvalue weighted by Gasteiger charge is -2.14. The fourth-order valence-corrected chi connectivity index (χ4v) is 2.88. The van der Waals surface area contributed by atoms with E-state index in [1.54, 1.807) is 18.2 Å². The summed E-state index contributed by atoms with van der Waals surface area (Å²) in [7, 11) is 0. The van der Waals surface area contributed by atoms with Crippen molar-refractivity contribution in [3.8, 4) is 0 Å². The molecule has 0 saturated carbocycles. The van der Waals surface area contributed by atoms with Crippen molar-refractivity contribution in [2.45, 2.75) is 25.3 Å². The first-order chi connectivity index (χ1) is 9.72. The van der Waals surface area contributed by atoms with Crippen LogP contribution < -0.4 is 5.32 Å². The fourth-order valence-electron chi connectivity index (χ4n) is 2.88. The van der Waals surface area contributed by atoms with Gasteiger partial charge >= 0.3 is 0 Å². The van der Waals surface area contributed by atoms with Crippen molar-refractivity contribution in [1.29, 1.82) is 0 Å². The van der Waals surface area contributed by atoms with E-state index in [2.05, 4.69) is 5.32 Å². The van der Waals surface area contributed by atoms with E-state index in [1.807, 2.05) is 12.1 Å². The molecule has 1 nitrogen and oxygen atoms in total. The minimum atomic E-state index is -0.191. The van der Waals surface area contributed by atoms with E-state index in [1.165, 1.54) is 17.7 Å². The molecule has 0 amide bonds. The molecule has 104 valence electrons. The standard InChI is InChI=1S/C17H17F2N/c18-14-3-1-2-12(10-14)8-9-20-17-7-4-13-11-15(19)5-6-16(13)17/h1-3,5-6,10-11,17,20H,4,7-9H2. The Balaban J connectivity index is 1.58. The van der Waals surface area contributed by atoms with Crippen LogP contribution in [0.15, 0.2) is 42.5 Å². The Morgan fingerprint density at radius 2 is 1.90 bits per heavy atom. The van der Waals surface area contributed by atoms with Gasteiger partial charge in [-0.25, -0.2) is 8.78 Å². The maximum atomic E-state index is 13.1. The number of aryl methyl sites for hydroxylation is 1. The Labute approximate surface area is 117 Å². The molecule has 20 heavy (non-hydrogen) atoms. The van der Waals surface area contributed by atoms with Gasteiger partial charge < -0.3 is 5.32 Å². The van der Waals surface area contributed by atoms with Crippen LogP contribution in [0, 0.1) is 11.6 Å². The first-order valence-corrected chi connectivity index (χ1v) is 6.98. The number of nitrogens with one attached hydrogen (secondary N) is 1. The third kappa shape index (κ3) is 2.88. The molecule has 0 fully saturated rings. The summed E-state index contributed by atoms with van der Waals surface area (Å²) in [4.78, 5) is 0. The maximum absolute atomic E-state index is 13.1. The lowest BCUT2D eigenvalue weighted by Crippen LogP contribution is -2.21. The van der Waals surface area contributed by atoms with Gasteiger partial charge in [-0.2, -0.15) is 0 Å². The molecule has 0 spiro atoms. The van der Waals surface area contributed by atoms with E-state index in [-0.39, 0.29) is 11.6 Å². The van der Waals surface area contributed by atoms with Gasteiger partial charge in [0.25, 0.3) is 0 Å². The van der Waals surface area contributed by atoms with Crippen molar-refractivity contribution < 1.29 is 8.78 Å². The average molecular weight is 273 g/mol. The maximum Gasteiger partial charge on any atom is 0.123 e. The van der Waals surface area contributed by atoms with Crippen LogP contribution in [0.4, 0.5) is 8.78 Å². The third-order valence-electron chi connectivity index (χ3n) is 3.88. The van der Waals surface area contributed by atoms with Gasteiger partial charge in [0.1, 0.15) is 11.6 Å². The van der Waals surface area contributed by atoms with Gasteiger partial charge in [0, 0.05) is 6.04 Å². The number of fused-ring (bicyclic) bond motifs is 1. The van der Waals surface area contributed by atoms with E-state index < -0.39 is 0 Å². The Morgan fingerprint density at radius 3 is 2.75 bits per heavy atom. The summed E-state index contributed by atoms with van der Waals surface area (Å²) >= 11 is 0. The zero-order valence-corrected chi connectivity index (χ0v) is 11.2. The zero-order chi connectivity index (χ0) is 13.9. The number of halogens is 2. The highest BCUT2D eigenvalue weighted by atomic mass is 19.1. The summed E-state index contributed by atoms with van der Waals surface area (Å²) in [6.45, 7) is 0.797. The van der Waals surface area contributed by atoms with Crippen LogP contribution in [0.25, 0.3) is 0 Å². The Morgan fingerprint density at radius 1 is 1.05 bits per heavy atom. The van der Waals surface area contributed by atoms with E-state index in [9.17, 15) is 8.78 Å². The highest BCUT2D eigenvalue weighted by molar-refractivity contribution is 5.35. The molecule has 1 aliphatic carbocycles. The fraction of sp³-hybridized carbons (Fsp3) is 0.294. The number of hydrogen-bond acceptors (Lipinski definition) is 1. The van der Waals surface area contributed by atoms with Crippen molar-refractivity contribution in [3.63, 3.8) is 0 Å². The quantitative estimate of drug-likeness (QED) is 0.893. The van der Waals surface area contributed by atoms with Gasteiger partial charge in [0.2, 0.25) is 0 Å². The minimum Gasteiger partial charge on any atom is -0.310 e. The van der Waals surface area contributed by atoms with E-state index in [0.29, 0.717) is 6.04 Å². The topological polar surface area (TPSA) is 12.0 Å². The van der Waals surface area contributed by atoms with Crippen LogP contribution in [-0.2, 0) is 12.8 Å². The summed E-state index contributed by atoms with van der Waals surface area (Å²) in [5, 5.41) is 3.48. The average Bonchev–Trinajstić information content (AvgIpc) is 2.81. The van der Waals surface area contributed by atoms with Crippen LogP contribution in [0.2, 0.25) is 0 Å². The molecule has 1 atom stereocenters. The summed E-state index contributed by atoms with van der Waals surface area (Å²) in [5.74, 6) is -0.353. The largest absolute Gasteiger partial charge is 0.310 e. The van der Waals surface area contributed by atoms with Gasteiger partial charge in [-0.05, 0) is 66.8 Å². The van der Waals surface area contributed by atoms with Crippen molar-refractivity contribution in [3.05, 3.63) is 70.8 Å². The van der Waals surface area contributed by atoms with Gasteiger partial charge in [0.05, 0.1) is 0 Å². The molecule has 2 aromatic carbocycles. The summed E-state index contributed by atoms with van der Waals surface area (Å²) < 4.78 is 26.2. The van der Waals surface area contributed by atoms with Gasteiger partial charge in [-0.3, -0.25) is 0 Å². The van der Waals surface area contributed by atoms with Crippen molar-refractivity contribution in [2.75, 3.05) is 6.54 Å². The molecule has 3 rings (SSSR count). The lowest BCUT2D eigenvalue weighted by molar-refractivity contribution is 0.532. The third-order valence-corrected chi connectivity index (χ3v) is 3.88. The monoisotopic (exact) mass is 273 g/mol. The highest BCUT2D eigenvalue weighted by Gasteiger charge is 2.21.